The van der Waals surface area contributed by atoms with Crippen LogP contribution < -0.4 is 15.0 Å². The molecule has 1 unspecified atom stereocenters. The number of hydrogen-bond donors (Lipinski definition) is 1. The zero-order valence-corrected chi connectivity index (χ0v) is 16.0. The summed E-state index contributed by atoms with van der Waals surface area (Å²) in [6.45, 7) is 1.27. The molecule has 150 valence electrons. The van der Waals surface area contributed by atoms with E-state index in [9.17, 15) is 13.6 Å². The molecule has 2 aromatic rings. The van der Waals surface area contributed by atoms with Crippen LogP contribution in [0.2, 0.25) is 0 Å². The Morgan fingerprint density at radius 3 is 2.75 bits per heavy atom. The molecule has 2 fully saturated rings. The highest BCUT2D eigenvalue weighted by molar-refractivity contribution is 5.95. The van der Waals surface area contributed by atoms with Gasteiger partial charge < -0.3 is 15.0 Å². The van der Waals surface area contributed by atoms with Crippen molar-refractivity contribution in [3.05, 3.63) is 24.5 Å². The lowest BCUT2D eigenvalue weighted by atomic mass is 9.88. The van der Waals surface area contributed by atoms with E-state index in [4.69, 9.17) is 4.74 Å². The third-order valence-electron chi connectivity index (χ3n) is 6.08. The predicted octanol–water partition coefficient (Wildman–Crippen LogP) is 3.30. The Bertz CT molecular complexity index is 888. The molecule has 1 atom stereocenters. The first-order valence-electron chi connectivity index (χ1n) is 9.61. The van der Waals surface area contributed by atoms with E-state index in [1.165, 1.54) is 6.33 Å². The van der Waals surface area contributed by atoms with Gasteiger partial charge in [0.15, 0.2) is 0 Å². The zero-order chi connectivity index (χ0) is 19.9. The molecule has 1 N–H and O–H groups in total. The third-order valence-corrected chi connectivity index (χ3v) is 6.08. The van der Waals surface area contributed by atoms with Gasteiger partial charge in [-0.25, -0.2) is 9.97 Å². The summed E-state index contributed by atoms with van der Waals surface area (Å²) in [4.78, 5) is 23.1. The number of benzene rings is 1. The Morgan fingerprint density at radius 2 is 2.07 bits per heavy atom. The number of nitrogens with one attached hydrogen (secondary N) is 1. The first kappa shape index (κ1) is 18.8. The van der Waals surface area contributed by atoms with Crippen LogP contribution in [0, 0.1) is 0 Å². The SMILES string of the molecule is COc1cccc2ncnc(N3CCC(NC(=O)C(C)(F)F)C34CCCC4)c12. The average molecular weight is 390 g/mol. The van der Waals surface area contributed by atoms with E-state index in [0.717, 1.165) is 42.4 Å². The van der Waals surface area contributed by atoms with Gasteiger partial charge in [-0.2, -0.15) is 8.78 Å². The molecule has 4 rings (SSSR count). The van der Waals surface area contributed by atoms with Crippen LogP contribution in [-0.2, 0) is 4.79 Å². The predicted molar refractivity (Wildman–Crippen MR) is 102 cm³/mol. The Kier molecular flexibility index (Phi) is 4.59. The first-order chi connectivity index (χ1) is 13.4. The average Bonchev–Trinajstić information content (AvgIpc) is 3.29. The number of anilines is 1. The number of hydrogen-bond acceptors (Lipinski definition) is 5. The largest absolute Gasteiger partial charge is 0.496 e. The highest BCUT2D eigenvalue weighted by Crippen LogP contribution is 2.47. The quantitative estimate of drug-likeness (QED) is 0.868. The Morgan fingerprint density at radius 1 is 1.32 bits per heavy atom. The second-order valence-electron chi connectivity index (χ2n) is 7.72. The van der Waals surface area contributed by atoms with E-state index in [1.807, 2.05) is 18.2 Å². The van der Waals surface area contributed by atoms with Crippen molar-refractivity contribution < 1.29 is 18.3 Å². The molecule has 1 saturated heterocycles. The molecule has 1 aliphatic carbocycles. The normalized spacial score (nSPS) is 21.4. The molecule has 28 heavy (non-hydrogen) atoms. The summed E-state index contributed by atoms with van der Waals surface area (Å²) in [6, 6.07) is 5.30. The highest BCUT2D eigenvalue weighted by Gasteiger charge is 2.53. The van der Waals surface area contributed by atoms with Gasteiger partial charge in [0.25, 0.3) is 5.91 Å². The van der Waals surface area contributed by atoms with E-state index in [1.54, 1.807) is 7.11 Å². The van der Waals surface area contributed by atoms with Crippen molar-refractivity contribution in [2.24, 2.45) is 0 Å². The maximum atomic E-state index is 13.5. The van der Waals surface area contributed by atoms with Crippen LogP contribution in [0.3, 0.4) is 0 Å². The van der Waals surface area contributed by atoms with Gasteiger partial charge in [-0.05, 0) is 31.4 Å². The minimum atomic E-state index is -3.39. The van der Waals surface area contributed by atoms with Crippen molar-refractivity contribution in [2.75, 3.05) is 18.6 Å². The summed E-state index contributed by atoms with van der Waals surface area (Å²) in [6.07, 6.45) is 5.76. The second-order valence-corrected chi connectivity index (χ2v) is 7.72. The van der Waals surface area contributed by atoms with Crippen LogP contribution in [-0.4, -0.2) is 47.0 Å². The summed E-state index contributed by atoms with van der Waals surface area (Å²) >= 11 is 0. The maximum Gasteiger partial charge on any atom is 0.321 e. The van der Waals surface area contributed by atoms with E-state index >= 15 is 0 Å². The van der Waals surface area contributed by atoms with Crippen LogP contribution in [0.25, 0.3) is 10.9 Å². The Labute approximate surface area is 162 Å². The lowest BCUT2D eigenvalue weighted by Crippen LogP contribution is -2.57. The standard InChI is InChI=1S/C20H24F2N4O2/c1-19(21,22)18(27)25-15-8-11-26(20(15)9-3-4-10-20)17-16-13(23-12-24-17)6-5-7-14(16)28-2/h5-7,12,15H,3-4,8-11H2,1-2H3,(H,25,27). The van der Waals surface area contributed by atoms with E-state index in [-0.39, 0.29) is 6.04 Å². The molecule has 2 aliphatic rings. The summed E-state index contributed by atoms with van der Waals surface area (Å²) in [5.41, 5.74) is 0.355. The van der Waals surface area contributed by atoms with Crippen molar-refractivity contribution in [1.29, 1.82) is 0 Å². The molecule has 1 aromatic heterocycles. The van der Waals surface area contributed by atoms with Crippen molar-refractivity contribution in [3.63, 3.8) is 0 Å². The van der Waals surface area contributed by atoms with Crippen LogP contribution in [0.1, 0.15) is 39.0 Å². The topological polar surface area (TPSA) is 67.4 Å². The lowest BCUT2D eigenvalue weighted by Gasteiger charge is -2.41. The van der Waals surface area contributed by atoms with Crippen molar-refractivity contribution in [1.82, 2.24) is 15.3 Å². The van der Waals surface area contributed by atoms with Crippen molar-refractivity contribution >= 4 is 22.6 Å². The maximum absolute atomic E-state index is 13.5. The number of aromatic nitrogens is 2. The molecule has 0 radical (unpaired) electrons. The molecule has 2 heterocycles. The van der Waals surface area contributed by atoms with Gasteiger partial charge >= 0.3 is 5.92 Å². The number of ether oxygens (including phenoxy) is 1. The molecule has 6 nitrogen and oxygen atoms in total. The fourth-order valence-corrected chi connectivity index (χ4v) is 4.79. The number of alkyl halides is 2. The van der Waals surface area contributed by atoms with Gasteiger partial charge in [0, 0.05) is 13.5 Å². The van der Waals surface area contributed by atoms with Gasteiger partial charge in [0.05, 0.1) is 29.6 Å². The fraction of sp³-hybridized carbons (Fsp3) is 0.550. The minimum Gasteiger partial charge on any atom is -0.496 e. The number of amides is 1. The number of rotatable bonds is 4. The molecular weight excluding hydrogens is 366 g/mol. The van der Waals surface area contributed by atoms with Crippen LogP contribution in [0.5, 0.6) is 5.75 Å². The number of nitrogens with zero attached hydrogens (tertiary/aromatic N) is 3. The molecule has 8 heteroatoms. The minimum absolute atomic E-state index is 0.340. The molecule has 0 bridgehead atoms. The number of carbonyl (C=O) groups is 1. The lowest BCUT2D eigenvalue weighted by molar-refractivity contribution is -0.144. The molecule has 1 aliphatic heterocycles. The summed E-state index contributed by atoms with van der Waals surface area (Å²) < 4.78 is 32.6. The van der Waals surface area contributed by atoms with Crippen molar-refractivity contribution in [3.8, 4) is 5.75 Å². The van der Waals surface area contributed by atoms with Crippen LogP contribution >= 0.6 is 0 Å². The number of fused-ring (bicyclic) bond motifs is 1. The molecular formula is C20H24F2N4O2. The third kappa shape index (κ3) is 2.95. The number of carbonyl (C=O) groups excluding carboxylic acids is 1. The number of methoxy groups -OCH3 is 1. The van der Waals surface area contributed by atoms with Gasteiger partial charge in [-0.3, -0.25) is 4.79 Å². The smallest absolute Gasteiger partial charge is 0.321 e. The monoisotopic (exact) mass is 390 g/mol. The van der Waals surface area contributed by atoms with Gasteiger partial charge in [0.1, 0.15) is 17.9 Å². The second kappa shape index (κ2) is 6.83. The summed E-state index contributed by atoms with van der Waals surface area (Å²) in [5, 5.41) is 3.43. The fourth-order valence-electron chi connectivity index (χ4n) is 4.79. The highest BCUT2D eigenvalue weighted by atomic mass is 19.3. The Balaban J connectivity index is 1.77. The van der Waals surface area contributed by atoms with E-state index in [0.29, 0.717) is 25.6 Å². The number of halogens is 2. The van der Waals surface area contributed by atoms with Crippen LogP contribution in [0.4, 0.5) is 14.6 Å². The summed E-state index contributed by atoms with van der Waals surface area (Å²) in [7, 11) is 1.60. The zero-order valence-electron chi connectivity index (χ0n) is 16.0. The van der Waals surface area contributed by atoms with E-state index in [2.05, 4.69) is 20.2 Å². The molecule has 1 spiro atoms. The van der Waals surface area contributed by atoms with Gasteiger partial charge in [0.2, 0.25) is 0 Å². The van der Waals surface area contributed by atoms with Gasteiger partial charge in [-0.15, -0.1) is 0 Å². The van der Waals surface area contributed by atoms with Crippen LogP contribution in [0.15, 0.2) is 24.5 Å². The summed E-state index contributed by atoms with van der Waals surface area (Å²) in [5.74, 6) is -3.19. The van der Waals surface area contributed by atoms with E-state index < -0.39 is 17.4 Å². The van der Waals surface area contributed by atoms with Crippen molar-refractivity contribution in [2.45, 2.75) is 56.5 Å². The van der Waals surface area contributed by atoms with Gasteiger partial charge in [-0.1, -0.05) is 18.9 Å². The molecule has 1 aromatic carbocycles. The molecule has 1 saturated carbocycles. The first-order valence-corrected chi connectivity index (χ1v) is 9.61. The Hall–Kier alpha value is -2.51. The molecule has 1 amide bonds.